The van der Waals surface area contributed by atoms with Gasteiger partial charge in [-0.3, -0.25) is 4.79 Å². The summed E-state index contributed by atoms with van der Waals surface area (Å²) in [5.74, 6) is -0.172. The zero-order valence-corrected chi connectivity index (χ0v) is 10.9. The van der Waals surface area contributed by atoms with Crippen molar-refractivity contribution in [1.82, 2.24) is 0 Å². The molecule has 1 N–H and O–H groups in total. The second kappa shape index (κ2) is 5.16. The van der Waals surface area contributed by atoms with Crippen LogP contribution in [0.1, 0.15) is 12.0 Å². The summed E-state index contributed by atoms with van der Waals surface area (Å²) in [5.41, 5.74) is -0.0595. The third-order valence-corrected chi connectivity index (χ3v) is 3.56. The second-order valence-corrected chi connectivity index (χ2v) is 4.96. The molecule has 0 amide bonds. The lowest BCUT2D eigenvalue weighted by atomic mass is 9.81. The molecule has 1 aromatic rings. The predicted molar refractivity (Wildman–Crippen MR) is 67.2 cm³/mol. The van der Waals surface area contributed by atoms with Gasteiger partial charge in [-0.25, -0.2) is 0 Å². The highest BCUT2D eigenvalue weighted by Gasteiger charge is 2.43. The highest BCUT2D eigenvalue weighted by molar-refractivity contribution is 6.30. The molecule has 0 aliphatic carbocycles. The van der Waals surface area contributed by atoms with Gasteiger partial charge in [0.15, 0.2) is 0 Å². The lowest BCUT2D eigenvalue weighted by Crippen LogP contribution is -2.33. The van der Waals surface area contributed by atoms with Crippen molar-refractivity contribution in [3.05, 3.63) is 28.8 Å². The molecule has 1 aliphatic heterocycles. The Morgan fingerprint density at radius 1 is 1.61 bits per heavy atom. The van der Waals surface area contributed by atoms with Gasteiger partial charge >= 0.3 is 5.97 Å². The Bertz CT molecular complexity index is 452. The van der Waals surface area contributed by atoms with E-state index in [1.807, 2.05) is 0 Å². The second-order valence-electron chi connectivity index (χ2n) is 4.52. The molecule has 1 unspecified atom stereocenters. The molecule has 5 heteroatoms. The van der Waals surface area contributed by atoms with Crippen LogP contribution in [0.3, 0.4) is 0 Å². The van der Waals surface area contributed by atoms with Crippen LogP contribution in [0.15, 0.2) is 18.2 Å². The van der Waals surface area contributed by atoms with E-state index in [0.29, 0.717) is 30.2 Å². The van der Waals surface area contributed by atoms with E-state index in [9.17, 15) is 9.90 Å². The number of halogens is 1. The topological polar surface area (TPSA) is 55.8 Å². The summed E-state index contributed by atoms with van der Waals surface area (Å²) < 4.78 is 10.5. The monoisotopic (exact) mass is 270 g/mol. The number of carboxylic acids is 1. The maximum Gasteiger partial charge on any atom is 0.312 e. The number of aliphatic carboxylic acids is 1. The molecule has 1 atom stereocenters. The number of benzene rings is 1. The van der Waals surface area contributed by atoms with Gasteiger partial charge in [0, 0.05) is 11.6 Å². The molecule has 2 rings (SSSR count). The third-order valence-electron chi connectivity index (χ3n) is 3.33. The fourth-order valence-corrected chi connectivity index (χ4v) is 2.44. The molecule has 18 heavy (non-hydrogen) atoms. The number of carboxylic acid groups (broad SMARTS) is 1. The first-order chi connectivity index (χ1) is 8.57. The van der Waals surface area contributed by atoms with Crippen LogP contribution in [0.5, 0.6) is 5.75 Å². The highest BCUT2D eigenvalue weighted by atomic mass is 35.5. The lowest BCUT2D eigenvalue weighted by molar-refractivity contribution is -0.148. The minimum absolute atomic E-state index is 0.234. The van der Waals surface area contributed by atoms with Gasteiger partial charge in [-0.15, -0.1) is 0 Å². The van der Waals surface area contributed by atoms with Gasteiger partial charge in [0.1, 0.15) is 5.75 Å². The quantitative estimate of drug-likeness (QED) is 0.913. The number of ether oxygens (including phenoxy) is 2. The summed E-state index contributed by atoms with van der Waals surface area (Å²) in [4.78, 5) is 11.5. The smallest absolute Gasteiger partial charge is 0.312 e. The Hall–Kier alpha value is -1.26. The van der Waals surface area contributed by atoms with Crippen LogP contribution in [-0.4, -0.2) is 31.4 Å². The molecule has 0 bridgehead atoms. The minimum Gasteiger partial charge on any atom is -0.496 e. The van der Waals surface area contributed by atoms with E-state index in [2.05, 4.69) is 0 Å². The number of carbonyl (C=O) groups is 1. The van der Waals surface area contributed by atoms with E-state index < -0.39 is 11.4 Å². The van der Waals surface area contributed by atoms with Gasteiger partial charge in [-0.1, -0.05) is 11.6 Å². The average molecular weight is 271 g/mol. The summed E-state index contributed by atoms with van der Waals surface area (Å²) in [7, 11) is 1.56. The predicted octanol–water partition coefficient (Wildman–Crippen LogP) is 2.38. The number of hydrogen-bond acceptors (Lipinski definition) is 3. The molecular weight excluding hydrogens is 256 g/mol. The first kappa shape index (κ1) is 13.2. The van der Waals surface area contributed by atoms with Gasteiger partial charge in [0.05, 0.1) is 19.1 Å². The third kappa shape index (κ3) is 2.44. The molecule has 1 aromatic carbocycles. The minimum atomic E-state index is -0.863. The van der Waals surface area contributed by atoms with Crippen LogP contribution in [-0.2, 0) is 16.0 Å². The van der Waals surface area contributed by atoms with Gasteiger partial charge in [-0.2, -0.15) is 0 Å². The van der Waals surface area contributed by atoms with Crippen LogP contribution >= 0.6 is 11.6 Å². The first-order valence-electron chi connectivity index (χ1n) is 5.71. The number of rotatable bonds is 4. The summed E-state index contributed by atoms with van der Waals surface area (Å²) >= 11 is 5.95. The molecular formula is C13H15ClO4. The average Bonchev–Trinajstić information content (AvgIpc) is 2.79. The van der Waals surface area contributed by atoms with Crippen molar-refractivity contribution in [1.29, 1.82) is 0 Å². The number of hydrogen-bond donors (Lipinski definition) is 1. The lowest BCUT2D eigenvalue weighted by Gasteiger charge is -2.23. The van der Waals surface area contributed by atoms with E-state index in [1.54, 1.807) is 25.3 Å². The summed E-state index contributed by atoms with van der Waals surface area (Å²) in [5, 5.41) is 9.98. The molecule has 1 saturated heterocycles. The van der Waals surface area contributed by atoms with Crippen molar-refractivity contribution in [3.8, 4) is 5.75 Å². The van der Waals surface area contributed by atoms with Crippen LogP contribution in [0.2, 0.25) is 5.02 Å². The van der Waals surface area contributed by atoms with Crippen molar-refractivity contribution in [2.45, 2.75) is 12.8 Å². The largest absolute Gasteiger partial charge is 0.496 e. The molecule has 1 aliphatic rings. The molecule has 98 valence electrons. The molecule has 1 heterocycles. The van der Waals surface area contributed by atoms with Crippen molar-refractivity contribution in [2.75, 3.05) is 20.3 Å². The van der Waals surface area contributed by atoms with E-state index in [0.717, 1.165) is 5.56 Å². The van der Waals surface area contributed by atoms with E-state index >= 15 is 0 Å². The van der Waals surface area contributed by atoms with Gasteiger partial charge < -0.3 is 14.6 Å². The van der Waals surface area contributed by atoms with Gasteiger partial charge in [0.2, 0.25) is 0 Å². The summed E-state index contributed by atoms with van der Waals surface area (Å²) in [6, 6.07) is 5.23. The Labute approximate surface area is 110 Å². The standard InChI is InChI=1S/C13H15ClO4/c1-17-11-3-2-10(14)6-9(11)7-13(12(15)16)4-5-18-8-13/h2-3,6H,4-5,7-8H2,1H3,(H,15,16). The van der Waals surface area contributed by atoms with E-state index in [1.165, 1.54) is 0 Å². The first-order valence-corrected chi connectivity index (χ1v) is 6.09. The fourth-order valence-electron chi connectivity index (χ4n) is 2.24. The van der Waals surface area contributed by atoms with Gasteiger partial charge in [-0.05, 0) is 36.6 Å². The fraction of sp³-hybridized carbons (Fsp3) is 0.462. The van der Waals surface area contributed by atoms with Crippen molar-refractivity contribution in [3.63, 3.8) is 0 Å². The Morgan fingerprint density at radius 3 is 2.94 bits per heavy atom. The van der Waals surface area contributed by atoms with Crippen LogP contribution in [0.4, 0.5) is 0 Å². The zero-order valence-electron chi connectivity index (χ0n) is 10.1. The van der Waals surface area contributed by atoms with Crippen molar-refractivity contribution < 1.29 is 19.4 Å². The Morgan fingerprint density at radius 2 is 2.39 bits per heavy atom. The van der Waals surface area contributed by atoms with Crippen LogP contribution in [0, 0.1) is 5.41 Å². The van der Waals surface area contributed by atoms with E-state index in [4.69, 9.17) is 21.1 Å². The van der Waals surface area contributed by atoms with Crippen LogP contribution < -0.4 is 4.74 Å². The Balaban J connectivity index is 2.32. The zero-order chi connectivity index (χ0) is 13.2. The maximum atomic E-state index is 11.5. The number of methoxy groups -OCH3 is 1. The molecule has 0 saturated carbocycles. The van der Waals surface area contributed by atoms with Crippen molar-refractivity contribution >= 4 is 17.6 Å². The normalized spacial score (nSPS) is 23.0. The van der Waals surface area contributed by atoms with Crippen LogP contribution in [0.25, 0.3) is 0 Å². The molecule has 4 nitrogen and oxygen atoms in total. The highest BCUT2D eigenvalue weighted by Crippen LogP contribution is 2.36. The van der Waals surface area contributed by atoms with E-state index in [-0.39, 0.29) is 6.61 Å². The summed E-state index contributed by atoms with van der Waals surface area (Å²) in [6.45, 7) is 0.715. The SMILES string of the molecule is COc1ccc(Cl)cc1CC1(C(=O)O)CCOC1. The van der Waals surface area contributed by atoms with Gasteiger partial charge in [0.25, 0.3) is 0 Å². The molecule has 0 radical (unpaired) electrons. The molecule has 1 fully saturated rings. The molecule has 0 spiro atoms. The maximum absolute atomic E-state index is 11.5. The Kier molecular flexibility index (Phi) is 3.78. The molecule has 0 aromatic heterocycles. The summed E-state index contributed by atoms with van der Waals surface area (Å²) in [6.07, 6.45) is 0.879. The van der Waals surface area contributed by atoms with Crippen molar-refractivity contribution in [2.24, 2.45) is 5.41 Å².